The molecule has 8 heteroatoms. The zero-order chi connectivity index (χ0) is 18.6. The van der Waals surface area contributed by atoms with E-state index in [1.165, 1.54) is 19.2 Å². The molecule has 0 unspecified atom stereocenters. The van der Waals surface area contributed by atoms with Gasteiger partial charge in [0.1, 0.15) is 0 Å². The highest BCUT2D eigenvalue weighted by molar-refractivity contribution is 7.89. The van der Waals surface area contributed by atoms with Crippen molar-refractivity contribution in [1.29, 1.82) is 0 Å². The second-order valence-electron chi connectivity index (χ2n) is 5.89. The number of pyridine rings is 1. The molecule has 1 aromatic heterocycles. The summed E-state index contributed by atoms with van der Waals surface area (Å²) in [5.41, 5.74) is 2.04. The van der Waals surface area contributed by atoms with Gasteiger partial charge in [-0.15, -0.1) is 0 Å². The maximum Gasteiger partial charge on any atom is 0.243 e. The molecule has 7 nitrogen and oxygen atoms in total. The van der Waals surface area contributed by atoms with Crippen molar-refractivity contribution < 1.29 is 13.2 Å². The topological polar surface area (TPSA) is 92.1 Å². The highest BCUT2D eigenvalue weighted by atomic mass is 32.2. The van der Waals surface area contributed by atoms with Crippen molar-refractivity contribution in [2.24, 2.45) is 10.2 Å². The fourth-order valence-corrected chi connectivity index (χ4v) is 3.73. The van der Waals surface area contributed by atoms with Crippen molar-refractivity contribution in [2.75, 3.05) is 13.6 Å². The Bertz CT molecular complexity index is 954. The van der Waals surface area contributed by atoms with Crippen molar-refractivity contribution in [3.63, 3.8) is 0 Å². The van der Waals surface area contributed by atoms with Crippen LogP contribution in [-0.2, 0) is 14.8 Å². The summed E-state index contributed by atoms with van der Waals surface area (Å²) < 4.78 is 26.0. The summed E-state index contributed by atoms with van der Waals surface area (Å²) in [6.45, 7) is -0.213. The first kappa shape index (κ1) is 18.1. The molecule has 1 aliphatic rings. The van der Waals surface area contributed by atoms with E-state index >= 15 is 0 Å². The Hall–Kier alpha value is -2.71. The minimum Gasteiger partial charge on any atom is -0.298 e. The second kappa shape index (κ2) is 7.67. The Morgan fingerprint density at radius 1 is 1.08 bits per heavy atom. The first-order valence-corrected chi connectivity index (χ1v) is 9.47. The van der Waals surface area contributed by atoms with Gasteiger partial charge in [0.25, 0.3) is 0 Å². The van der Waals surface area contributed by atoms with E-state index in [0.29, 0.717) is 17.8 Å². The van der Waals surface area contributed by atoms with Crippen LogP contribution in [0.1, 0.15) is 18.5 Å². The number of hydrogen-bond donors (Lipinski definition) is 0. The number of nitrogens with zero attached hydrogens (tertiary/aromatic N) is 4. The molecule has 0 amide bonds. The number of likely N-dealkylation sites (N-methyl/N-ethyl adjacent to an activating group) is 1. The van der Waals surface area contributed by atoms with Crippen molar-refractivity contribution in [3.8, 4) is 0 Å². The number of aromatic nitrogens is 1. The number of ketones is 1. The molecule has 0 saturated carbocycles. The van der Waals surface area contributed by atoms with Crippen LogP contribution in [-0.4, -0.2) is 48.5 Å². The molecule has 134 valence electrons. The molecule has 0 aliphatic carbocycles. The van der Waals surface area contributed by atoms with Crippen molar-refractivity contribution in [1.82, 2.24) is 9.29 Å². The number of benzene rings is 1. The maximum absolute atomic E-state index is 12.5. The van der Waals surface area contributed by atoms with Gasteiger partial charge in [-0.2, -0.15) is 14.5 Å². The average Bonchev–Trinajstić information content (AvgIpc) is 3.11. The zero-order valence-corrected chi connectivity index (χ0v) is 15.1. The minimum atomic E-state index is -3.69. The van der Waals surface area contributed by atoms with Crippen molar-refractivity contribution in [2.45, 2.75) is 17.7 Å². The summed E-state index contributed by atoms with van der Waals surface area (Å²) in [6, 6.07) is 13.5. The smallest absolute Gasteiger partial charge is 0.243 e. The fraction of sp³-hybridized carbons (Fsp3) is 0.222. The Kier molecular flexibility index (Phi) is 5.34. The molecule has 0 saturated heterocycles. The molecule has 0 atom stereocenters. The minimum absolute atomic E-state index is 0.0640. The second-order valence-corrected chi connectivity index (χ2v) is 7.94. The molecular weight excluding hydrogens is 352 g/mol. The van der Waals surface area contributed by atoms with Crippen LogP contribution < -0.4 is 0 Å². The molecule has 0 bridgehead atoms. The number of carbonyl (C=O) groups excluding carboxylic acids is 1. The highest BCUT2D eigenvalue weighted by Crippen LogP contribution is 2.15. The molecule has 0 spiro atoms. The van der Waals surface area contributed by atoms with Crippen LogP contribution in [0.3, 0.4) is 0 Å². The van der Waals surface area contributed by atoms with E-state index in [9.17, 15) is 13.2 Å². The molecule has 2 aromatic rings. The molecule has 3 rings (SSSR count). The predicted octanol–water partition coefficient (Wildman–Crippen LogP) is 1.91. The zero-order valence-electron chi connectivity index (χ0n) is 14.2. The summed E-state index contributed by atoms with van der Waals surface area (Å²) >= 11 is 0. The van der Waals surface area contributed by atoms with Crippen LogP contribution >= 0.6 is 0 Å². The first-order chi connectivity index (χ1) is 12.5. The van der Waals surface area contributed by atoms with E-state index in [1.807, 2.05) is 18.2 Å². The lowest BCUT2D eigenvalue weighted by Gasteiger charge is -2.16. The van der Waals surface area contributed by atoms with E-state index < -0.39 is 10.0 Å². The molecule has 0 N–H and O–H groups in total. The Labute approximate surface area is 152 Å². The Balaban J connectivity index is 1.57. The lowest BCUT2D eigenvalue weighted by Crippen LogP contribution is -2.33. The predicted molar refractivity (Wildman–Crippen MR) is 98.7 cm³/mol. The third kappa shape index (κ3) is 4.09. The van der Waals surface area contributed by atoms with Gasteiger partial charge >= 0.3 is 0 Å². The maximum atomic E-state index is 12.5. The van der Waals surface area contributed by atoms with Gasteiger partial charge in [-0.05, 0) is 24.3 Å². The molecule has 26 heavy (non-hydrogen) atoms. The van der Waals surface area contributed by atoms with E-state index in [2.05, 4.69) is 15.2 Å². The highest BCUT2D eigenvalue weighted by Gasteiger charge is 2.24. The van der Waals surface area contributed by atoms with E-state index in [0.717, 1.165) is 10.00 Å². The third-order valence-electron chi connectivity index (χ3n) is 3.90. The number of hydrogen-bond acceptors (Lipinski definition) is 6. The lowest BCUT2D eigenvalue weighted by molar-refractivity contribution is -0.117. The molecule has 1 aromatic carbocycles. The van der Waals surface area contributed by atoms with Gasteiger partial charge in [-0.1, -0.05) is 24.3 Å². The fourth-order valence-electron chi connectivity index (χ4n) is 2.56. The summed E-state index contributed by atoms with van der Waals surface area (Å²) in [5.74, 6) is -0.233. The summed E-state index contributed by atoms with van der Waals surface area (Å²) in [4.78, 5) is 16.7. The molecule has 1 aliphatic heterocycles. The molecule has 0 fully saturated rings. The van der Waals surface area contributed by atoms with E-state index in [-0.39, 0.29) is 23.6 Å². The quantitative estimate of drug-likeness (QED) is 0.744. The summed E-state index contributed by atoms with van der Waals surface area (Å²) in [6.07, 6.45) is 2.18. The number of Topliss-reactive ketones (excluding diaryl/α,β-unsaturated/α-hetero) is 1. The van der Waals surface area contributed by atoms with Crippen LogP contribution in [0.2, 0.25) is 0 Å². The van der Waals surface area contributed by atoms with Gasteiger partial charge < -0.3 is 0 Å². The van der Waals surface area contributed by atoms with Gasteiger partial charge in [0, 0.05) is 26.1 Å². The van der Waals surface area contributed by atoms with E-state index in [1.54, 1.807) is 24.4 Å². The normalized spacial score (nSPS) is 14.2. The first-order valence-electron chi connectivity index (χ1n) is 8.03. The van der Waals surface area contributed by atoms with Gasteiger partial charge in [-0.3, -0.25) is 9.78 Å². The number of sulfonamides is 1. The van der Waals surface area contributed by atoms with Crippen LogP contribution in [0.15, 0.2) is 69.8 Å². The third-order valence-corrected chi connectivity index (χ3v) is 5.71. The van der Waals surface area contributed by atoms with Crippen LogP contribution in [0.25, 0.3) is 0 Å². The lowest BCUT2D eigenvalue weighted by atomic mass is 10.1. The number of carbonyl (C=O) groups is 1. The number of rotatable bonds is 7. The average molecular weight is 370 g/mol. The Morgan fingerprint density at radius 2 is 1.81 bits per heavy atom. The van der Waals surface area contributed by atoms with Crippen LogP contribution in [0.4, 0.5) is 0 Å². The molecule has 2 heterocycles. The standard InChI is InChI=1S/C18H18N4O3S/c1-22(26(24,25)16-7-3-2-4-8-16)13-15(23)11-14-12-18(21-20-14)17-9-5-6-10-19-17/h2-10H,11-13H2,1H3. The monoisotopic (exact) mass is 370 g/mol. The Morgan fingerprint density at radius 3 is 2.50 bits per heavy atom. The van der Waals surface area contributed by atoms with Gasteiger partial charge in [0.15, 0.2) is 5.78 Å². The van der Waals surface area contributed by atoms with Crippen molar-refractivity contribution in [3.05, 3.63) is 60.4 Å². The van der Waals surface area contributed by atoms with Gasteiger partial charge in [0.2, 0.25) is 10.0 Å². The van der Waals surface area contributed by atoms with Crippen molar-refractivity contribution >= 4 is 27.2 Å². The SMILES string of the molecule is CN(CC(=O)CC1=NN=C(c2ccccn2)C1)S(=O)(=O)c1ccccc1. The van der Waals surface area contributed by atoms with E-state index in [4.69, 9.17) is 0 Å². The van der Waals surface area contributed by atoms with Crippen LogP contribution in [0.5, 0.6) is 0 Å². The van der Waals surface area contributed by atoms with Gasteiger partial charge in [0.05, 0.1) is 28.6 Å². The van der Waals surface area contributed by atoms with Gasteiger partial charge in [-0.25, -0.2) is 8.42 Å². The molecular formula is C18H18N4O3S. The van der Waals surface area contributed by atoms with Crippen LogP contribution in [0, 0.1) is 0 Å². The largest absolute Gasteiger partial charge is 0.298 e. The summed E-state index contributed by atoms with van der Waals surface area (Å²) in [7, 11) is -2.29. The summed E-state index contributed by atoms with van der Waals surface area (Å²) in [5, 5.41) is 8.11. The molecule has 0 radical (unpaired) electrons.